The van der Waals surface area contributed by atoms with E-state index >= 15 is 0 Å². The SMILES string of the molecule is Oc1ccc2ccccc2c1-c1ccc2c(ccc3c4c(ccc32)CCCC4)c1. The van der Waals surface area contributed by atoms with Gasteiger partial charge < -0.3 is 5.11 Å². The quantitative estimate of drug-likeness (QED) is 0.303. The second kappa shape index (κ2) is 6.35. The van der Waals surface area contributed by atoms with Gasteiger partial charge in [0.25, 0.3) is 0 Å². The number of hydrogen-bond donors (Lipinski definition) is 1. The Bertz CT molecular complexity index is 1410. The normalized spacial score (nSPS) is 13.8. The highest BCUT2D eigenvalue weighted by molar-refractivity contribution is 6.10. The van der Waals surface area contributed by atoms with E-state index in [1.807, 2.05) is 18.2 Å². The summed E-state index contributed by atoms with van der Waals surface area (Å²) in [5, 5.41) is 18.1. The summed E-state index contributed by atoms with van der Waals surface area (Å²) in [6.07, 6.45) is 5.01. The van der Waals surface area contributed by atoms with E-state index < -0.39 is 0 Å². The summed E-state index contributed by atoms with van der Waals surface area (Å²) in [6, 6.07) is 27.8. The molecule has 0 aliphatic heterocycles. The van der Waals surface area contributed by atoms with Crippen LogP contribution < -0.4 is 0 Å². The van der Waals surface area contributed by atoms with Gasteiger partial charge in [0.05, 0.1) is 0 Å². The molecule has 1 N–H and O–H groups in total. The molecule has 1 aliphatic rings. The molecule has 5 aromatic rings. The largest absolute Gasteiger partial charge is 0.507 e. The van der Waals surface area contributed by atoms with Gasteiger partial charge in [0.1, 0.15) is 5.75 Å². The minimum Gasteiger partial charge on any atom is -0.507 e. The second-order valence-corrected chi connectivity index (χ2v) is 8.19. The molecule has 0 radical (unpaired) electrons. The van der Waals surface area contributed by atoms with Crippen LogP contribution in [0.1, 0.15) is 24.0 Å². The van der Waals surface area contributed by atoms with E-state index in [0.29, 0.717) is 5.75 Å². The second-order valence-electron chi connectivity index (χ2n) is 8.19. The van der Waals surface area contributed by atoms with Crippen molar-refractivity contribution in [3.05, 3.63) is 90.0 Å². The maximum Gasteiger partial charge on any atom is 0.124 e. The van der Waals surface area contributed by atoms with Crippen LogP contribution in [-0.4, -0.2) is 5.11 Å². The van der Waals surface area contributed by atoms with Crippen LogP contribution in [0.5, 0.6) is 5.75 Å². The minimum atomic E-state index is 0.331. The van der Waals surface area contributed by atoms with Crippen molar-refractivity contribution in [3.8, 4) is 16.9 Å². The highest BCUT2D eigenvalue weighted by atomic mass is 16.3. The van der Waals surface area contributed by atoms with E-state index in [1.54, 1.807) is 11.6 Å². The monoisotopic (exact) mass is 374 g/mol. The number of phenolic OH excluding ortho intramolecular Hbond substituents is 1. The van der Waals surface area contributed by atoms with Gasteiger partial charge in [-0.05, 0) is 86.8 Å². The third-order valence-electron chi connectivity index (χ3n) is 6.54. The molecule has 1 aliphatic carbocycles. The molecular weight excluding hydrogens is 352 g/mol. The van der Waals surface area contributed by atoms with Crippen molar-refractivity contribution >= 4 is 32.3 Å². The van der Waals surface area contributed by atoms with Crippen LogP contribution in [0, 0.1) is 0 Å². The van der Waals surface area contributed by atoms with Crippen molar-refractivity contribution in [1.29, 1.82) is 0 Å². The predicted molar refractivity (Wildman–Crippen MR) is 123 cm³/mol. The number of phenols is 1. The van der Waals surface area contributed by atoms with Crippen molar-refractivity contribution in [2.75, 3.05) is 0 Å². The number of fused-ring (bicyclic) bond motifs is 6. The van der Waals surface area contributed by atoms with Crippen LogP contribution in [0.15, 0.2) is 78.9 Å². The Morgan fingerprint density at radius 1 is 0.586 bits per heavy atom. The van der Waals surface area contributed by atoms with Gasteiger partial charge in [0.2, 0.25) is 0 Å². The zero-order valence-corrected chi connectivity index (χ0v) is 16.3. The standard InChI is InChI=1S/C28H22O/c29-27-16-12-19-6-2-4-8-24(19)28(27)21-11-13-23-20(17-21)10-15-25-22-7-3-1-5-18(22)9-14-26(23)25/h2,4,6,8-17,29H,1,3,5,7H2. The highest BCUT2D eigenvalue weighted by Crippen LogP contribution is 2.39. The number of aryl methyl sites for hydroxylation is 2. The maximum atomic E-state index is 10.6. The lowest BCUT2D eigenvalue weighted by molar-refractivity contribution is 0.478. The van der Waals surface area contributed by atoms with Gasteiger partial charge in [-0.2, -0.15) is 0 Å². The van der Waals surface area contributed by atoms with Crippen molar-refractivity contribution in [2.45, 2.75) is 25.7 Å². The first kappa shape index (κ1) is 16.6. The summed E-state index contributed by atoms with van der Waals surface area (Å²) in [4.78, 5) is 0. The van der Waals surface area contributed by atoms with Crippen molar-refractivity contribution in [3.63, 3.8) is 0 Å². The van der Waals surface area contributed by atoms with Gasteiger partial charge in [-0.3, -0.25) is 0 Å². The lowest BCUT2D eigenvalue weighted by Gasteiger charge is -2.19. The smallest absolute Gasteiger partial charge is 0.124 e. The molecule has 1 nitrogen and oxygen atoms in total. The lowest BCUT2D eigenvalue weighted by atomic mass is 9.86. The summed E-state index contributed by atoms with van der Waals surface area (Å²) in [7, 11) is 0. The van der Waals surface area contributed by atoms with Gasteiger partial charge in [0.15, 0.2) is 0 Å². The molecule has 0 atom stereocenters. The van der Waals surface area contributed by atoms with Crippen LogP contribution >= 0.6 is 0 Å². The number of hydrogen-bond acceptors (Lipinski definition) is 1. The van der Waals surface area contributed by atoms with Crippen LogP contribution in [0.3, 0.4) is 0 Å². The molecule has 1 heteroatoms. The molecule has 140 valence electrons. The third kappa shape index (κ3) is 2.54. The first-order valence-corrected chi connectivity index (χ1v) is 10.5. The molecule has 0 bridgehead atoms. The Morgan fingerprint density at radius 2 is 1.38 bits per heavy atom. The van der Waals surface area contributed by atoms with Crippen molar-refractivity contribution < 1.29 is 5.11 Å². The van der Waals surface area contributed by atoms with Crippen LogP contribution in [0.25, 0.3) is 43.4 Å². The van der Waals surface area contributed by atoms with Gasteiger partial charge in [-0.15, -0.1) is 0 Å². The highest BCUT2D eigenvalue weighted by Gasteiger charge is 2.15. The van der Waals surface area contributed by atoms with E-state index in [1.165, 1.54) is 52.8 Å². The Labute approximate surface area is 170 Å². The zero-order valence-electron chi connectivity index (χ0n) is 16.3. The molecule has 0 saturated heterocycles. The molecule has 6 rings (SSSR count). The summed E-state index contributed by atoms with van der Waals surface area (Å²) in [5.41, 5.74) is 5.05. The van der Waals surface area contributed by atoms with Crippen molar-refractivity contribution in [1.82, 2.24) is 0 Å². The Kier molecular flexibility index (Phi) is 3.64. The summed E-state index contributed by atoms with van der Waals surface area (Å²) < 4.78 is 0. The van der Waals surface area contributed by atoms with E-state index in [4.69, 9.17) is 0 Å². The van der Waals surface area contributed by atoms with E-state index in [0.717, 1.165) is 21.9 Å². The van der Waals surface area contributed by atoms with Gasteiger partial charge in [-0.1, -0.05) is 66.7 Å². The average molecular weight is 374 g/mol. The molecule has 0 aromatic heterocycles. The van der Waals surface area contributed by atoms with Crippen molar-refractivity contribution in [2.24, 2.45) is 0 Å². The Hall–Kier alpha value is -3.32. The summed E-state index contributed by atoms with van der Waals surface area (Å²) in [6.45, 7) is 0. The van der Waals surface area contributed by atoms with Crippen LogP contribution in [0.2, 0.25) is 0 Å². The van der Waals surface area contributed by atoms with Gasteiger partial charge >= 0.3 is 0 Å². The minimum absolute atomic E-state index is 0.331. The number of benzene rings is 5. The van der Waals surface area contributed by atoms with Crippen LogP contribution in [-0.2, 0) is 12.8 Å². The molecule has 0 heterocycles. The molecule has 0 spiro atoms. The average Bonchev–Trinajstić information content (AvgIpc) is 2.78. The molecule has 0 saturated carbocycles. The van der Waals surface area contributed by atoms with E-state index in [-0.39, 0.29) is 0 Å². The number of aromatic hydroxyl groups is 1. The fourth-order valence-electron chi connectivity index (χ4n) is 5.12. The van der Waals surface area contributed by atoms with Gasteiger partial charge in [-0.25, -0.2) is 0 Å². The molecule has 0 amide bonds. The summed E-state index contributed by atoms with van der Waals surface area (Å²) >= 11 is 0. The first-order chi connectivity index (χ1) is 14.3. The number of rotatable bonds is 1. The Balaban J connectivity index is 1.60. The fraction of sp³-hybridized carbons (Fsp3) is 0.143. The summed E-state index contributed by atoms with van der Waals surface area (Å²) in [5.74, 6) is 0.331. The lowest BCUT2D eigenvalue weighted by Crippen LogP contribution is -2.03. The zero-order chi connectivity index (χ0) is 19.4. The molecule has 0 unspecified atom stereocenters. The molecular formula is C28H22O. The predicted octanol–water partition coefficient (Wildman–Crippen LogP) is 7.40. The molecule has 0 fully saturated rings. The topological polar surface area (TPSA) is 20.2 Å². The van der Waals surface area contributed by atoms with Gasteiger partial charge in [0, 0.05) is 5.56 Å². The van der Waals surface area contributed by atoms with E-state index in [2.05, 4.69) is 54.6 Å². The molecule has 5 aromatic carbocycles. The molecule has 29 heavy (non-hydrogen) atoms. The first-order valence-electron chi connectivity index (χ1n) is 10.5. The third-order valence-corrected chi connectivity index (χ3v) is 6.54. The maximum absolute atomic E-state index is 10.6. The van der Waals surface area contributed by atoms with Crippen LogP contribution in [0.4, 0.5) is 0 Å². The Morgan fingerprint density at radius 3 is 2.34 bits per heavy atom. The van der Waals surface area contributed by atoms with E-state index in [9.17, 15) is 5.11 Å². The fourth-order valence-corrected chi connectivity index (χ4v) is 5.12.